The lowest BCUT2D eigenvalue weighted by Crippen LogP contribution is -2.34. The van der Waals surface area contributed by atoms with Gasteiger partial charge >= 0.3 is 0 Å². The van der Waals surface area contributed by atoms with Crippen molar-refractivity contribution in [3.05, 3.63) is 62.5 Å². The highest BCUT2D eigenvalue weighted by molar-refractivity contribution is 7.18. The molecule has 0 fully saturated rings. The lowest BCUT2D eigenvalue weighted by molar-refractivity contribution is 0.0747. The number of nitrogens with zero attached hydrogens (tertiary/aromatic N) is 2. The average Bonchev–Trinajstić information content (AvgIpc) is 3.08. The normalized spacial score (nSPS) is 16.2. The standard InChI is InChI=1S/C23H27F2N3O2S/c1-14(2)30-7-3-6-28-13-27-22-21(23(28)29)19-5-4-18(11-20(19)31-22)26-12-15-8-16(24)10-17(25)9-15/h8-10,13-14,18,26H,3-7,11-12H2,1-2H3. The quantitative estimate of drug-likeness (QED) is 0.526. The molecule has 2 heterocycles. The first kappa shape index (κ1) is 22.0. The minimum atomic E-state index is -0.564. The SMILES string of the molecule is CC(C)OCCCn1cnc2sc3c(c2c1=O)CCC(NCc1cc(F)cc(F)c1)C3. The van der Waals surface area contributed by atoms with E-state index in [0.717, 1.165) is 47.5 Å². The number of halogens is 2. The van der Waals surface area contributed by atoms with Crippen LogP contribution in [0.3, 0.4) is 0 Å². The summed E-state index contributed by atoms with van der Waals surface area (Å²) < 4.78 is 34.0. The number of aryl methyl sites for hydroxylation is 2. The van der Waals surface area contributed by atoms with Gasteiger partial charge in [-0.3, -0.25) is 9.36 Å². The summed E-state index contributed by atoms with van der Waals surface area (Å²) in [6.45, 7) is 5.61. The van der Waals surface area contributed by atoms with Crippen molar-refractivity contribution in [2.24, 2.45) is 0 Å². The predicted octanol–water partition coefficient (Wildman–Crippen LogP) is 4.20. The molecule has 1 aromatic carbocycles. The Kier molecular flexibility index (Phi) is 6.79. The van der Waals surface area contributed by atoms with E-state index in [-0.39, 0.29) is 17.7 Å². The number of nitrogens with one attached hydrogen (secondary N) is 1. The van der Waals surface area contributed by atoms with Gasteiger partial charge in [-0.25, -0.2) is 13.8 Å². The van der Waals surface area contributed by atoms with Crippen molar-refractivity contribution in [2.75, 3.05) is 6.61 Å². The van der Waals surface area contributed by atoms with Gasteiger partial charge in [-0.2, -0.15) is 0 Å². The number of benzene rings is 1. The smallest absolute Gasteiger partial charge is 0.262 e. The van der Waals surface area contributed by atoms with E-state index < -0.39 is 11.6 Å². The van der Waals surface area contributed by atoms with Crippen molar-refractivity contribution in [3.63, 3.8) is 0 Å². The highest BCUT2D eigenvalue weighted by Crippen LogP contribution is 2.33. The van der Waals surface area contributed by atoms with Crippen molar-refractivity contribution in [3.8, 4) is 0 Å². The van der Waals surface area contributed by atoms with Crippen LogP contribution in [0.1, 0.15) is 42.7 Å². The maximum absolute atomic E-state index is 13.4. The van der Waals surface area contributed by atoms with E-state index in [9.17, 15) is 13.6 Å². The summed E-state index contributed by atoms with van der Waals surface area (Å²) in [7, 11) is 0. The second kappa shape index (κ2) is 9.54. The minimum absolute atomic E-state index is 0.0219. The van der Waals surface area contributed by atoms with Gasteiger partial charge in [-0.05, 0) is 62.8 Å². The van der Waals surface area contributed by atoms with E-state index in [4.69, 9.17) is 4.74 Å². The molecule has 0 bridgehead atoms. The van der Waals surface area contributed by atoms with Gasteiger partial charge in [0, 0.05) is 36.7 Å². The molecule has 0 aliphatic heterocycles. The number of aromatic nitrogens is 2. The highest BCUT2D eigenvalue weighted by atomic mass is 32.1. The molecular formula is C23H27F2N3O2S. The average molecular weight is 448 g/mol. The largest absolute Gasteiger partial charge is 0.379 e. The van der Waals surface area contributed by atoms with Crippen molar-refractivity contribution in [1.29, 1.82) is 0 Å². The summed E-state index contributed by atoms with van der Waals surface area (Å²) in [6, 6.07) is 3.78. The molecule has 0 saturated carbocycles. The van der Waals surface area contributed by atoms with Gasteiger partial charge in [0.15, 0.2) is 0 Å². The Balaban J connectivity index is 1.45. The molecule has 1 N–H and O–H groups in total. The van der Waals surface area contributed by atoms with Crippen molar-refractivity contribution >= 4 is 21.6 Å². The fourth-order valence-electron chi connectivity index (χ4n) is 4.06. The van der Waals surface area contributed by atoms with Crippen LogP contribution in [0.15, 0.2) is 29.3 Å². The molecule has 0 spiro atoms. The zero-order chi connectivity index (χ0) is 22.0. The Labute approximate surface area is 184 Å². The van der Waals surface area contributed by atoms with E-state index >= 15 is 0 Å². The maximum Gasteiger partial charge on any atom is 0.262 e. The Bertz CT molecular complexity index is 1110. The van der Waals surface area contributed by atoms with Gasteiger partial charge in [-0.15, -0.1) is 11.3 Å². The van der Waals surface area contributed by atoms with Crippen LogP contribution in [0.25, 0.3) is 10.2 Å². The molecular weight excluding hydrogens is 420 g/mol. The molecule has 5 nitrogen and oxygen atoms in total. The number of ether oxygens (including phenoxy) is 1. The first-order valence-electron chi connectivity index (χ1n) is 10.7. The molecule has 0 radical (unpaired) electrons. The third-order valence-corrected chi connectivity index (χ3v) is 6.71. The number of thiophene rings is 1. The monoisotopic (exact) mass is 447 g/mol. The molecule has 4 rings (SSSR count). The van der Waals surface area contributed by atoms with Gasteiger partial charge < -0.3 is 10.1 Å². The van der Waals surface area contributed by atoms with E-state index in [1.807, 2.05) is 13.8 Å². The third-order valence-electron chi connectivity index (χ3n) is 5.55. The van der Waals surface area contributed by atoms with Gasteiger partial charge in [0.25, 0.3) is 5.56 Å². The van der Waals surface area contributed by atoms with Crippen molar-refractivity contribution in [2.45, 2.75) is 64.8 Å². The van der Waals surface area contributed by atoms with E-state index in [1.54, 1.807) is 22.2 Å². The summed E-state index contributed by atoms with van der Waals surface area (Å²) in [5, 5.41) is 4.15. The van der Waals surface area contributed by atoms with Crippen LogP contribution in [-0.2, 0) is 30.7 Å². The van der Waals surface area contributed by atoms with Crippen molar-refractivity contribution < 1.29 is 13.5 Å². The van der Waals surface area contributed by atoms with Crippen molar-refractivity contribution in [1.82, 2.24) is 14.9 Å². The fourth-order valence-corrected chi connectivity index (χ4v) is 5.32. The first-order valence-corrected chi connectivity index (χ1v) is 11.5. The van der Waals surface area contributed by atoms with Crippen LogP contribution in [0.2, 0.25) is 0 Å². The Morgan fingerprint density at radius 1 is 1.29 bits per heavy atom. The summed E-state index contributed by atoms with van der Waals surface area (Å²) >= 11 is 1.58. The molecule has 0 amide bonds. The fraction of sp³-hybridized carbons (Fsp3) is 0.478. The molecule has 0 saturated heterocycles. The molecule has 31 heavy (non-hydrogen) atoms. The van der Waals surface area contributed by atoms with E-state index in [0.29, 0.717) is 25.3 Å². The van der Waals surface area contributed by atoms with Gasteiger partial charge in [-0.1, -0.05) is 0 Å². The second-order valence-electron chi connectivity index (χ2n) is 8.30. The third kappa shape index (κ3) is 5.19. The minimum Gasteiger partial charge on any atom is -0.379 e. The molecule has 1 unspecified atom stereocenters. The molecule has 8 heteroatoms. The lowest BCUT2D eigenvalue weighted by atomic mass is 9.93. The predicted molar refractivity (Wildman–Crippen MR) is 119 cm³/mol. The number of hydrogen-bond donors (Lipinski definition) is 1. The summed E-state index contributed by atoms with van der Waals surface area (Å²) in [5.41, 5.74) is 1.72. The number of hydrogen-bond acceptors (Lipinski definition) is 5. The summed E-state index contributed by atoms with van der Waals surface area (Å²) in [4.78, 5) is 19.5. The second-order valence-corrected chi connectivity index (χ2v) is 9.38. The van der Waals surface area contributed by atoms with E-state index in [2.05, 4.69) is 10.3 Å². The van der Waals surface area contributed by atoms with E-state index in [1.165, 1.54) is 17.0 Å². The molecule has 1 aliphatic carbocycles. The van der Waals surface area contributed by atoms with Crippen LogP contribution >= 0.6 is 11.3 Å². The molecule has 3 aromatic rings. The Morgan fingerprint density at radius 2 is 2.06 bits per heavy atom. The number of fused-ring (bicyclic) bond motifs is 3. The lowest BCUT2D eigenvalue weighted by Gasteiger charge is -2.23. The number of rotatable bonds is 8. The van der Waals surface area contributed by atoms with Crippen LogP contribution in [0.5, 0.6) is 0 Å². The summed E-state index contributed by atoms with van der Waals surface area (Å²) in [6.07, 6.45) is 5.04. The van der Waals surface area contributed by atoms with Crippen LogP contribution < -0.4 is 10.9 Å². The topological polar surface area (TPSA) is 56.2 Å². The molecule has 166 valence electrons. The van der Waals surface area contributed by atoms with Gasteiger partial charge in [0.1, 0.15) is 16.5 Å². The Morgan fingerprint density at radius 3 is 2.81 bits per heavy atom. The molecule has 1 atom stereocenters. The molecule has 1 aliphatic rings. The Hall–Kier alpha value is -2.16. The summed E-state index contributed by atoms with van der Waals surface area (Å²) in [5.74, 6) is -1.13. The zero-order valence-corrected chi connectivity index (χ0v) is 18.6. The first-order chi connectivity index (χ1) is 14.9. The van der Waals surface area contributed by atoms with Crippen LogP contribution in [-0.4, -0.2) is 28.3 Å². The zero-order valence-electron chi connectivity index (χ0n) is 17.8. The molecule has 2 aromatic heterocycles. The maximum atomic E-state index is 13.4. The van der Waals surface area contributed by atoms with Gasteiger partial charge in [0.05, 0.1) is 17.8 Å². The van der Waals surface area contributed by atoms with Crippen LogP contribution in [0, 0.1) is 11.6 Å². The van der Waals surface area contributed by atoms with Crippen LogP contribution in [0.4, 0.5) is 8.78 Å². The highest BCUT2D eigenvalue weighted by Gasteiger charge is 2.25. The van der Waals surface area contributed by atoms with Gasteiger partial charge in [0.2, 0.25) is 0 Å².